The van der Waals surface area contributed by atoms with Crippen molar-refractivity contribution in [1.82, 2.24) is 0 Å². The van der Waals surface area contributed by atoms with Gasteiger partial charge in [-0.3, -0.25) is 0 Å². The van der Waals surface area contributed by atoms with Crippen LogP contribution in [-0.2, 0) is 4.79 Å². The summed E-state index contributed by atoms with van der Waals surface area (Å²) in [6.45, 7) is 1.66. The standard InChI is InChI=1S/C4H6O2.Na.H/c1-2-3-4(5)6;;/h2-3H,1H3,(H,5,6);;/q;+1;-1/b3-2+;;. The van der Waals surface area contributed by atoms with Gasteiger partial charge in [0.25, 0.3) is 0 Å². The number of carboxylic acid groups (broad SMARTS) is 1. The third-order valence-electron chi connectivity index (χ3n) is 0.309. The number of aliphatic carboxylic acids is 1. The Morgan fingerprint density at radius 1 is 1.86 bits per heavy atom. The van der Waals surface area contributed by atoms with Gasteiger partial charge in [0.1, 0.15) is 0 Å². The van der Waals surface area contributed by atoms with Gasteiger partial charge in [0.15, 0.2) is 0 Å². The molecule has 7 heavy (non-hydrogen) atoms. The largest absolute Gasteiger partial charge is 1.00 e. The molecule has 0 heterocycles. The molecule has 0 aromatic carbocycles. The SMILES string of the molecule is C/C=C/C(=O)O.[H-].[Na+]. The molecule has 0 fully saturated rings. The Morgan fingerprint density at radius 2 is 2.29 bits per heavy atom. The van der Waals surface area contributed by atoms with Crippen molar-refractivity contribution in [3.63, 3.8) is 0 Å². The molecule has 0 aliphatic rings. The van der Waals surface area contributed by atoms with Crippen LogP contribution in [0.15, 0.2) is 12.2 Å². The van der Waals surface area contributed by atoms with E-state index in [1.807, 2.05) is 0 Å². The fourth-order valence-electron chi connectivity index (χ4n) is 0.143. The van der Waals surface area contributed by atoms with Gasteiger partial charge in [-0.25, -0.2) is 4.79 Å². The summed E-state index contributed by atoms with van der Waals surface area (Å²) in [5.41, 5.74) is 0. The van der Waals surface area contributed by atoms with Crippen LogP contribution < -0.4 is 29.6 Å². The summed E-state index contributed by atoms with van der Waals surface area (Å²) in [7, 11) is 0. The molecule has 0 aliphatic carbocycles. The van der Waals surface area contributed by atoms with E-state index in [9.17, 15) is 4.79 Å². The van der Waals surface area contributed by atoms with E-state index in [-0.39, 0.29) is 31.0 Å². The molecular weight excluding hydrogens is 103 g/mol. The van der Waals surface area contributed by atoms with E-state index in [4.69, 9.17) is 5.11 Å². The van der Waals surface area contributed by atoms with Crippen LogP contribution in [0.25, 0.3) is 0 Å². The molecule has 0 amide bonds. The van der Waals surface area contributed by atoms with E-state index in [1.54, 1.807) is 6.92 Å². The Labute approximate surface area is 66.0 Å². The number of carboxylic acids is 1. The molecule has 0 rings (SSSR count). The first kappa shape index (κ1) is 10.2. The maximum Gasteiger partial charge on any atom is 1.00 e. The number of allylic oxidation sites excluding steroid dienone is 1. The molecule has 0 atom stereocenters. The molecule has 0 aromatic heterocycles. The first-order valence-corrected chi connectivity index (χ1v) is 1.63. The Morgan fingerprint density at radius 3 is 2.29 bits per heavy atom. The molecular formula is C4H7NaO2. The minimum atomic E-state index is -0.891. The quantitative estimate of drug-likeness (QED) is 0.306. The zero-order chi connectivity index (χ0) is 4.99. The molecule has 0 radical (unpaired) electrons. The predicted molar refractivity (Wildman–Crippen MR) is 23.6 cm³/mol. The summed E-state index contributed by atoms with van der Waals surface area (Å²) >= 11 is 0. The van der Waals surface area contributed by atoms with Gasteiger partial charge in [-0.05, 0) is 6.92 Å². The fourth-order valence-corrected chi connectivity index (χ4v) is 0.143. The van der Waals surface area contributed by atoms with Gasteiger partial charge in [0.2, 0.25) is 0 Å². The maximum atomic E-state index is 9.51. The van der Waals surface area contributed by atoms with Gasteiger partial charge in [0.05, 0.1) is 0 Å². The zero-order valence-electron chi connectivity index (χ0n) is 5.51. The van der Waals surface area contributed by atoms with E-state index in [2.05, 4.69) is 0 Å². The van der Waals surface area contributed by atoms with E-state index in [0.29, 0.717) is 0 Å². The first-order valence-electron chi connectivity index (χ1n) is 1.63. The van der Waals surface area contributed by atoms with Crippen LogP contribution in [0, 0.1) is 0 Å². The average Bonchev–Trinajstić information content (AvgIpc) is 1.35. The summed E-state index contributed by atoms with van der Waals surface area (Å²) in [6, 6.07) is 0. The van der Waals surface area contributed by atoms with Crippen LogP contribution in [0.1, 0.15) is 8.35 Å². The number of carbonyl (C=O) groups is 1. The normalized spacial score (nSPS) is 8.14. The first-order chi connectivity index (χ1) is 2.77. The fraction of sp³-hybridized carbons (Fsp3) is 0.250. The number of hydrogen-bond acceptors (Lipinski definition) is 1. The molecule has 36 valence electrons. The predicted octanol–water partition coefficient (Wildman–Crippen LogP) is -2.24. The Kier molecular flexibility index (Phi) is 9.09. The molecule has 0 saturated heterocycles. The van der Waals surface area contributed by atoms with Crippen molar-refractivity contribution in [2.24, 2.45) is 0 Å². The third kappa shape index (κ3) is 10.7. The summed E-state index contributed by atoms with van der Waals surface area (Å²) < 4.78 is 0. The van der Waals surface area contributed by atoms with Gasteiger partial charge in [-0.15, -0.1) is 0 Å². The minimum absolute atomic E-state index is 0. The van der Waals surface area contributed by atoms with Crippen LogP contribution in [0.3, 0.4) is 0 Å². The maximum absolute atomic E-state index is 9.51. The van der Waals surface area contributed by atoms with Gasteiger partial charge < -0.3 is 6.53 Å². The van der Waals surface area contributed by atoms with Crippen molar-refractivity contribution >= 4 is 5.97 Å². The Bertz CT molecular complexity index is 82.1. The van der Waals surface area contributed by atoms with Crippen LogP contribution in [-0.4, -0.2) is 11.1 Å². The number of rotatable bonds is 1. The van der Waals surface area contributed by atoms with Gasteiger partial charge >= 0.3 is 35.5 Å². The van der Waals surface area contributed by atoms with Crippen molar-refractivity contribution in [2.75, 3.05) is 0 Å². The Balaban J connectivity index is -0.000000125. The van der Waals surface area contributed by atoms with E-state index in [1.165, 1.54) is 6.08 Å². The van der Waals surface area contributed by atoms with E-state index < -0.39 is 5.97 Å². The molecule has 0 bridgehead atoms. The van der Waals surface area contributed by atoms with Gasteiger partial charge in [-0.1, -0.05) is 6.08 Å². The van der Waals surface area contributed by atoms with Crippen molar-refractivity contribution in [2.45, 2.75) is 6.92 Å². The molecule has 0 spiro atoms. The van der Waals surface area contributed by atoms with Crippen molar-refractivity contribution < 1.29 is 40.9 Å². The zero-order valence-corrected chi connectivity index (χ0v) is 6.51. The number of hydrogen-bond donors (Lipinski definition) is 1. The monoisotopic (exact) mass is 110 g/mol. The molecule has 1 N–H and O–H groups in total. The van der Waals surface area contributed by atoms with Gasteiger partial charge in [0, 0.05) is 6.08 Å². The summed E-state index contributed by atoms with van der Waals surface area (Å²) in [6.07, 6.45) is 2.56. The van der Waals surface area contributed by atoms with E-state index in [0.717, 1.165) is 6.08 Å². The Hall–Kier alpha value is 0.210. The second kappa shape index (κ2) is 6.21. The topological polar surface area (TPSA) is 37.3 Å². The van der Waals surface area contributed by atoms with Crippen LogP contribution in [0.2, 0.25) is 0 Å². The van der Waals surface area contributed by atoms with E-state index >= 15 is 0 Å². The average molecular weight is 110 g/mol. The van der Waals surface area contributed by atoms with Crippen molar-refractivity contribution in [3.8, 4) is 0 Å². The second-order valence-corrected chi connectivity index (χ2v) is 0.838. The molecule has 3 heteroatoms. The third-order valence-corrected chi connectivity index (χ3v) is 0.309. The molecule has 0 unspecified atom stereocenters. The molecule has 0 saturated carbocycles. The molecule has 2 nitrogen and oxygen atoms in total. The summed E-state index contributed by atoms with van der Waals surface area (Å²) in [5.74, 6) is -0.891. The minimum Gasteiger partial charge on any atom is -1.00 e. The van der Waals surface area contributed by atoms with Crippen LogP contribution >= 0.6 is 0 Å². The molecule has 0 aromatic rings. The van der Waals surface area contributed by atoms with Gasteiger partial charge in [-0.2, -0.15) is 0 Å². The van der Waals surface area contributed by atoms with Crippen molar-refractivity contribution in [3.05, 3.63) is 12.2 Å². The van der Waals surface area contributed by atoms with Crippen molar-refractivity contribution in [1.29, 1.82) is 0 Å². The summed E-state index contributed by atoms with van der Waals surface area (Å²) in [5, 5.41) is 7.83. The van der Waals surface area contributed by atoms with Crippen LogP contribution in [0.4, 0.5) is 0 Å². The summed E-state index contributed by atoms with van der Waals surface area (Å²) in [4.78, 5) is 9.51. The molecule has 0 aliphatic heterocycles. The smallest absolute Gasteiger partial charge is 1.00 e. The van der Waals surface area contributed by atoms with Crippen LogP contribution in [0.5, 0.6) is 0 Å². The second-order valence-electron chi connectivity index (χ2n) is 0.838.